The van der Waals surface area contributed by atoms with Crippen molar-refractivity contribution >= 4 is 0 Å². The van der Waals surface area contributed by atoms with E-state index >= 15 is 0 Å². The highest BCUT2D eigenvalue weighted by molar-refractivity contribution is 4.52. The van der Waals surface area contributed by atoms with Crippen LogP contribution in [0.2, 0.25) is 0 Å². The number of hydrogen-bond donors (Lipinski definition) is 0. The molecule has 0 spiro atoms. The Kier molecular flexibility index (Phi) is 7.04. The SMILES string of the molecule is O=[N+]([O-])C(F)(COC(OCC(F)(F)F)OCC(F)(F)F)[N+](=O)[O-]. The van der Waals surface area contributed by atoms with Crippen molar-refractivity contribution in [3.63, 3.8) is 0 Å². The van der Waals surface area contributed by atoms with Crippen molar-refractivity contribution in [3.8, 4) is 0 Å². The largest absolute Gasteiger partial charge is 0.637 e. The topological polar surface area (TPSA) is 114 Å². The van der Waals surface area contributed by atoms with Gasteiger partial charge in [-0.25, -0.2) is 0 Å². The average molecular weight is 364 g/mol. The summed E-state index contributed by atoms with van der Waals surface area (Å²) >= 11 is 0. The van der Waals surface area contributed by atoms with Crippen LogP contribution in [-0.2, 0) is 14.2 Å². The normalized spacial score (nSPS) is 13.4. The fourth-order valence-electron chi connectivity index (χ4n) is 0.816. The van der Waals surface area contributed by atoms with Gasteiger partial charge in [0, 0.05) is 0 Å². The van der Waals surface area contributed by atoms with Gasteiger partial charge in [0.1, 0.15) is 23.1 Å². The lowest BCUT2D eigenvalue weighted by atomic mass is 10.5. The van der Waals surface area contributed by atoms with Crippen molar-refractivity contribution < 1.29 is 54.8 Å². The second-order valence-corrected chi connectivity index (χ2v) is 3.69. The summed E-state index contributed by atoms with van der Waals surface area (Å²) in [5, 5.41) is 20.4. The van der Waals surface area contributed by atoms with Crippen LogP contribution < -0.4 is 0 Å². The van der Waals surface area contributed by atoms with Crippen LogP contribution >= 0.6 is 0 Å². The maximum atomic E-state index is 13.3. The van der Waals surface area contributed by atoms with Crippen LogP contribution in [0.5, 0.6) is 0 Å². The van der Waals surface area contributed by atoms with E-state index in [-0.39, 0.29) is 0 Å². The third-order valence-corrected chi connectivity index (χ3v) is 1.73. The molecule has 23 heavy (non-hydrogen) atoms. The number of halogens is 7. The summed E-state index contributed by atoms with van der Waals surface area (Å²) in [4.78, 5) is 16.2. The molecule has 0 aliphatic carbocycles. The van der Waals surface area contributed by atoms with Gasteiger partial charge >= 0.3 is 18.3 Å². The van der Waals surface area contributed by atoms with Crippen molar-refractivity contribution in [2.75, 3.05) is 19.8 Å². The summed E-state index contributed by atoms with van der Waals surface area (Å²) in [6, 6.07) is 0. The van der Waals surface area contributed by atoms with E-state index in [1.54, 1.807) is 0 Å². The van der Waals surface area contributed by atoms with Gasteiger partial charge in [0.15, 0.2) is 0 Å². The second-order valence-electron chi connectivity index (χ2n) is 3.69. The van der Waals surface area contributed by atoms with Gasteiger partial charge in [0.05, 0.1) is 0 Å². The summed E-state index contributed by atoms with van der Waals surface area (Å²) in [6.07, 6.45) is -10.1. The van der Waals surface area contributed by atoms with Gasteiger partial charge in [-0.05, 0) is 0 Å². The standard InChI is InChI=1S/C7H7F7N2O7/c8-5(9,10)1-21-4(22-2-6(11,12)13)23-3-7(14,15(17)18)16(19)20/h4H,1-3H2. The first-order valence-electron chi connectivity index (χ1n) is 5.13. The van der Waals surface area contributed by atoms with E-state index in [2.05, 4.69) is 14.2 Å². The Bertz CT molecular complexity index is 394. The molecule has 0 aromatic rings. The van der Waals surface area contributed by atoms with Gasteiger partial charge in [-0.3, -0.25) is 20.2 Å². The van der Waals surface area contributed by atoms with Crippen LogP contribution in [0.4, 0.5) is 30.7 Å². The molecule has 0 bridgehead atoms. The van der Waals surface area contributed by atoms with Crippen LogP contribution in [0.3, 0.4) is 0 Å². The fraction of sp³-hybridized carbons (Fsp3) is 1.00. The van der Waals surface area contributed by atoms with Gasteiger partial charge in [-0.15, -0.1) is 0 Å². The Hall–Kier alpha value is -1.81. The molecule has 136 valence electrons. The molecule has 0 aromatic carbocycles. The van der Waals surface area contributed by atoms with Crippen LogP contribution in [0.15, 0.2) is 0 Å². The zero-order valence-electron chi connectivity index (χ0n) is 10.6. The van der Waals surface area contributed by atoms with Crippen LogP contribution in [0.1, 0.15) is 0 Å². The van der Waals surface area contributed by atoms with E-state index in [1.807, 2.05) is 0 Å². The van der Waals surface area contributed by atoms with Crippen molar-refractivity contribution in [3.05, 3.63) is 20.2 Å². The maximum absolute atomic E-state index is 13.3. The summed E-state index contributed by atoms with van der Waals surface area (Å²) in [7, 11) is 0. The summed E-state index contributed by atoms with van der Waals surface area (Å²) in [5.41, 5.74) is 0. The molecule has 0 aromatic heterocycles. The number of rotatable bonds is 9. The van der Waals surface area contributed by atoms with Crippen molar-refractivity contribution in [1.29, 1.82) is 0 Å². The third-order valence-electron chi connectivity index (χ3n) is 1.73. The number of alkyl halides is 7. The predicted octanol–water partition coefficient (Wildman–Crippen LogP) is 1.62. The molecule has 0 N–H and O–H groups in total. The molecule has 16 heteroatoms. The predicted molar refractivity (Wildman–Crippen MR) is 51.6 cm³/mol. The Labute approximate surface area is 121 Å². The molecule has 0 amide bonds. The Morgan fingerprint density at radius 2 is 1.04 bits per heavy atom. The van der Waals surface area contributed by atoms with Gasteiger partial charge in [-0.1, -0.05) is 4.39 Å². The first kappa shape index (κ1) is 21.2. The van der Waals surface area contributed by atoms with Crippen molar-refractivity contribution in [1.82, 2.24) is 0 Å². The van der Waals surface area contributed by atoms with Crippen LogP contribution in [0.25, 0.3) is 0 Å². The van der Waals surface area contributed by atoms with E-state index in [1.165, 1.54) is 0 Å². The number of hydrogen-bond acceptors (Lipinski definition) is 7. The summed E-state index contributed by atoms with van der Waals surface area (Å²) in [5.74, 6) is -4.51. The van der Waals surface area contributed by atoms with E-state index in [9.17, 15) is 51.0 Å². The minimum Gasteiger partial charge on any atom is -0.320 e. The molecule has 0 radical (unpaired) electrons. The molecule has 0 aliphatic rings. The Balaban J connectivity index is 4.85. The van der Waals surface area contributed by atoms with Gasteiger partial charge in [0.2, 0.25) is 6.61 Å². The van der Waals surface area contributed by atoms with Crippen LogP contribution in [0, 0.1) is 20.2 Å². The lowest BCUT2D eigenvalue weighted by molar-refractivity contribution is -0.834. The highest BCUT2D eigenvalue weighted by Crippen LogP contribution is 2.21. The molecule has 0 unspecified atom stereocenters. The van der Waals surface area contributed by atoms with E-state index in [0.29, 0.717) is 0 Å². The molecule has 0 saturated carbocycles. The highest BCUT2D eigenvalue weighted by atomic mass is 19.4. The van der Waals surface area contributed by atoms with Crippen molar-refractivity contribution in [2.45, 2.75) is 24.7 Å². The first-order chi connectivity index (χ1) is 10.2. The smallest absolute Gasteiger partial charge is 0.320 e. The first-order valence-corrected chi connectivity index (χ1v) is 5.13. The third kappa shape index (κ3) is 8.41. The number of nitrogens with zero attached hydrogens (tertiary/aromatic N) is 2. The minimum atomic E-state index is -5.05. The average Bonchev–Trinajstić information content (AvgIpc) is 2.34. The lowest BCUT2D eigenvalue weighted by Crippen LogP contribution is -2.47. The molecule has 9 nitrogen and oxygen atoms in total. The van der Waals surface area contributed by atoms with E-state index in [0.717, 1.165) is 0 Å². The molecule has 0 heterocycles. The summed E-state index contributed by atoms with van der Waals surface area (Å²) < 4.78 is 95.7. The molecular weight excluding hydrogens is 357 g/mol. The minimum absolute atomic E-state index is 2.10. The van der Waals surface area contributed by atoms with Crippen molar-refractivity contribution in [2.24, 2.45) is 0 Å². The van der Waals surface area contributed by atoms with E-state index in [4.69, 9.17) is 0 Å². The molecule has 0 atom stereocenters. The molecular formula is C7H7F7N2O7. The molecule has 0 fully saturated rings. The highest BCUT2D eigenvalue weighted by Gasteiger charge is 2.59. The second kappa shape index (κ2) is 7.64. The Morgan fingerprint density at radius 1 is 0.739 bits per heavy atom. The van der Waals surface area contributed by atoms with E-state index < -0.39 is 54.4 Å². The van der Waals surface area contributed by atoms with Gasteiger partial charge in [-0.2, -0.15) is 26.3 Å². The molecule has 0 saturated heterocycles. The quantitative estimate of drug-likeness (QED) is 0.201. The molecule has 0 aliphatic heterocycles. The van der Waals surface area contributed by atoms with Gasteiger partial charge < -0.3 is 14.2 Å². The monoisotopic (exact) mass is 364 g/mol. The zero-order valence-corrected chi connectivity index (χ0v) is 10.6. The fourth-order valence-corrected chi connectivity index (χ4v) is 0.816. The molecule has 0 rings (SSSR count). The summed E-state index contributed by atoms with van der Waals surface area (Å²) in [6.45, 7) is -9.47. The lowest BCUT2D eigenvalue weighted by Gasteiger charge is -2.20. The Morgan fingerprint density at radius 3 is 1.30 bits per heavy atom. The number of nitro groups is 2. The van der Waals surface area contributed by atoms with Crippen LogP contribution in [-0.4, -0.2) is 54.4 Å². The number of ether oxygens (including phenoxy) is 3. The zero-order chi connectivity index (χ0) is 18.5. The maximum Gasteiger partial charge on any atom is 0.637 e. The van der Waals surface area contributed by atoms with Gasteiger partial charge in [0.25, 0.3) is 6.48 Å².